The summed E-state index contributed by atoms with van der Waals surface area (Å²) in [6, 6.07) is 15.4. The summed E-state index contributed by atoms with van der Waals surface area (Å²) in [5.41, 5.74) is 0.390. The molecule has 0 aliphatic carbocycles. The van der Waals surface area contributed by atoms with E-state index < -0.39 is 12.7 Å². The Morgan fingerprint density at radius 2 is 1.75 bits per heavy atom. The van der Waals surface area contributed by atoms with Gasteiger partial charge in [0.25, 0.3) is 7.37 Å². The maximum absolute atomic E-state index is 13.8. The fourth-order valence-electron chi connectivity index (χ4n) is 2.64. The van der Waals surface area contributed by atoms with Crippen LogP contribution in [0.25, 0.3) is 0 Å². The van der Waals surface area contributed by atoms with Gasteiger partial charge in [0.2, 0.25) is 0 Å². The Bertz CT molecular complexity index is 745. The Hall–Kier alpha value is -1.26. The van der Waals surface area contributed by atoms with Crippen LogP contribution in [0.2, 0.25) is 0 Å². The summed E-state index contributed by atoms with van der Waals surface area (Å²) in [7, 11) is -3.77. The molecule has 0 fully saturated rings. The maximum Gasteiger partial charge on any atom is 0.267 e. The third kappa shape index (κ3) is 3.70. The molecule has 0 aliphatic rings. The maximum atomic E-state index is 13.8. The topological polar surface area (TPSA) is 63.6 Å². The summed E-state index contributed by atoms with van der Waals surface area (Å²) in [5.74, 6) is -0.267. The zero-order valence-corrected chi connectivity index (χ0v) is 16.1. The first-order valence-electron chi connectivity index (χ1n) is 7.61. The van der Waals surface area contributed by atoms with E-state index in [-0.39, 0.29) is 18.8 Å². The van der Waals surface area contributed by atoms with Gasteiger partial charge in [0.15, 0.2) is 5.34 Å². The van der Waals surface area contributed by atoms with Gasteiger partial charge in [0.1, 0.15) is 5.78 Å². The van der Waals surface area contributed by atoms with Crippen LogP contribution in [0.5, 0.6) is 0 Å². The van der Waals surface area contributed by atoms with E-state index in [0.29, 0.717) is 10.9 Å². The van der Waals surface area contributed by atoms with Gasteiger partial charge >= 0.3 is 0 Å². The Morgan fingerprint density at radius 1 is 1.17 bits per heavy atom. The molecule has 1 N–H and O–H groups in total. The van der Waals surface area contributed by atoms with E-state index in [2.05, 4.69) is 15.9 Å². The van der Waals surface area contributed by atoms with Gasteiger partial charge in [0, 0.05) is 16.2 Å². The molecule has 0 aromatic heterocycles. The molecule has 4 nitrogen and oxygen atoms in total. The van der Waals surface area contributed by atoms with Crippen molar-refractivity contribution in [1.29, 1.82) is 0 Å². The lowest BCUT2D eigenvalue weighted by molar-refractivity contribution is -0.120. The molecule has 2 aromatic rings. The fraction of sp³-hybridized carbons (Fsp3) is 0.278. The van der Waals surface area contributed by atoms with Crippen LogP contribution in [0.3, 0.4) is 0 Å². The molecule has 0 saturated carbocycles. The lowest BCUT2D eigenvalue weighted by Crippen LogP contribution is -2.34. The lowest BCUT2D eigenvalue weighted by Gasteiger charge is -2.35. The van der Waals surface area contributed by atoms with Crippen molar-refractivity contribution in [1.82, 2.24) is 0 Å². The first kappa shape index (κ1) is 19.1. The Labute approximate surface area is 150 Å². The number of aliphatic hydroxyl groups is 1. The number of carbonyl (C=O) groups excluding carboxylic acids is 1. The minimum atomic E-state index is -3.77. The number of ketones is 1. The standard InChI is InChI=1S/C18H20BrO4P/c1-3-23-24(22,17-7-5-4-6-8-17)18(21,13-14(2)20)15-9-11-16(19)12-10-15/h4-12,21H,3,13H2,1-2H3/t18-,24+/m0/s1. The van der Waals surface area contributed by atoms with Gasteiger partial charge < -0.3 is 9.63 Å². The second kappa shape index (κ2) is 7.75. The molecule has 24 heavy (non-hydrogen) atoms. The zero-order valence-electron chi connectivity index (χ0n) is 13.6. The Morgan fingerprint density at radius 3 is 2.25 bits per heavy atom. The highest BCUT2D eigenvalue weighted by Crippen LogP contribution is 2.63. The van der Waals surface area contributed by atoms with E-state index >= 15 is 0 Å². The molecule has 0 spiro atoms. The summed E-state index contributed by atoms with van der Waals surface area (Å²) in [6.07, 6.45) is -0.291. The van der Waals surface area contributed by atoms with Crippen LogP contribution in [-0.2, 0) is 19.2 Å². The normalized spacial score (nSPS) is 16.2. The SMILES string of the molecule is CCO[P@](=O)(c1ccccc1)[C@@](O)(CC(C)=O)c1ccc(Br)cc1. The quantitative estimate of drug-likeness (QED) is 0.694. The molecule has 2 rings (SSSR count). The van der Waals surface area contributed by atoms with Crippen molar-refractivity contribution in [2.45, 2.75) is 25.6 Å². The highest BCUT2D eigenvalue weighted by molar-refractivity contribution is 9.10. The molecular formula is C18H20BrO4P. The van der Waals surface area contributed by atoms with Crippen LogP contribution >= 0.6 is 23.3 Å². The highest BCUT2D eigenvalue weighted by Gasteiger charge is 2.51. The first-order valence-corrected chi connectivity index (χ1v) is 10.0. The molecular weight excluding hydrogens is 391 g/mol. The number of halogens is 1. The second-order valence-corrected chi connectivity index (χ2v) is 9.04. The van der Waals surface area contributed by atoms with Crippen LogP contribution in [0.1, 0.15) is 25.8 Å². The predicted octanol–water partition coefficient (Wildman–Crippen LogP) is 4.21. The van der Waals surface area contributed by atoms with Gasteiger partial charge in [-0.05, 0) is 43.7 Å². The third-order valence-electron chi connectivity index (χ3n) is 3.70. The second-order valence-electron chi connectivity index (χ2n) is 5.51. The number of carbonyl (C=O) groups is 1. The molecule has 2 atom stereocenters. The van der Waals surface area contributed by atoms with Gasteiger partial charge in [-0.15, -0.1) is 0 Å². The van der Waals surface area contributed by atoms with E-state index in [9.17, 15) is 14.5 Å². The number of rotatable bonds is 7. The third-order valence-corrected chi connectivity index (χ3v) is 7.21. The van der Waals surface area contributed by atoms with Crippen molar-refractivity contribution in [2.24, 2.45) is 0 Å². The summed E-state index contributed by atoms with van der Waals surface area (Å²) >= 11 is 3.34. The van der Waals surface area contributed by atoms with E-state index in [1.807, 2.05) is 0 Å². The van der Waals surface area contributed by atoms with Crippen molar-refractivity contribution in [3.63, 3.8) is 0 Å². The van der Waals surface area contributed by atoms with E-state index in [0.717, 1.165) is 4.47 Å². The number of benzene rings is 2. The number of hydrogen-bond donors (Lipinski definition) is 1. The van der Waals surface area contributed by atoms with Crippen LogP contribution in [0.4, 0.5) is 0 Å². The molecule has 0 saturated heterocycles. The molecule has 6 heteroatoms. The van der Waals surface area contributed by atoms with Gasteiger partial charge in [-0.2, -0.15) is 0 Å². The lowest BCUT2D eigenvalue weighted by atomic mass is 10.0. The van der Waals surface area contributed by atoms with Crippen LogP contribution < -0.4 is 5.30 Å². The van der Waals surface area contributed by atoms with Crippen molar-refractivity contribution >= 4 is 34.4 Å². The zero-order chi connectivity index (χ0) is 17.8. The molecule has 0 aliphatic heterocycles. The van der Waals surface area contributed by atoms with Crippen LogP contribution in [0.15, 0.2) is 59.1 Å². The number of Topliss-reactive ketones (excluding diaryl/α,β-unsaturated/α-hetero) is 1. The van der Waals surface area contributed by atoms with E-state index in [1.54, 1.807) is 61.5 Å². The number of hydrogen-bond acceptors (Lipinski definition) is 4. The monoisotopic (exact) mass is 410 g/mol. The van der Waals surface area contributed by atoms with Gasteiger partial charge in [-0.3, -0.25) is 9.36 Å². The van der Waals surface area contributed by atoms with Crippen molar-refractivity contribution < 1.29 is 19.0 Å². The fourth-order valence-corrected chi connectivity index (χ4v) is 5.54. The first-order chi connectivity index (χ1) is 11.3. The van der Waals surface area contributed by atoms with Crippen molar-refractivity contribution in [3.05, 3.63) is 64.6 Å². The minimum absolute atomic E-state index is 0.156. The van der Waals surface area contributed by atoms with Gasteiger partial charge in [-0.1, -0.05) is 46.3 Å². The highest BCUT2D eigenvalue weighted by atomic mass is 79.9. The molecule has 2 aromatic carbocycles. The smallest absolute Gasteiger partial charge is 0.267 e. The minimum Gasteiger partial charge on any atom is -0.374 e. The average Bonchev–Trinajstić information content (AvgIpc) is 2.55. The summed E-state index contributed by atoms with van der Waals surface area (Å²) in [4.78, 5) is 11.8. The summed E-state index contributed by atoms with van der Waals surface area (Å²) in [6.45, 7) is 3.24. The molecule has 0 bridgehead atoms. The average molecular weight is 411 g/mol. The van der Waals surface area contributed by atoms with Gasteiger partial charge in [0.05, 0.1) is 6.61 Å². The molecule has 0 radical (unpaired) electrons. The molecule has 0 heterocycles. The van der Waals surface area contributed by atoms with E-state index in [1.165, 1.54) is 6.92 Å². The Kier molecular flexibility index (Phi) is 6.16. The van der Waals surface area contributed by atoms with Crippen molar-refractivity contribution in [3.8, 4) is 0 Å². The van der Waals surface area contributed by atoms with Crippen LogP contribution in [-0.4, -0.2) is 17.5 Å². The Balaban J connectivity index is 2.69. The van der Waals surface area contributed by atoms with Crippen molar-refractivity contribution in [2.75, 3.05) is 6.61 Å². The molecule has 0 unspecified atom stereocenters. The molecule has 128 valence electrons. The summed E-state index contributed by atoms with van der Waals surface area (Å²) < 4.78 is 20.3. The van der Waals surface area contributed by atoms with Gasteiger partial charge in [-0.25, -0.2) is 0 Å². The van der Waals surface area contributed by atoms with E-state index in [4.69, 9.17) is 4.52 Å². The molecule has 0 amide bonds. The largest absolute Gasteiger partial charge is 0.374 e. The van der Waals surface area contributed by atoms with Crippen LogP contribution in [0, 0.1) is 0 Å². The predicted molar refractivity (Wildman–Crippen MR) is 98.6 cm³/mol. The summed E-state index contributed by atoms with van der Waals surface area (Å²) in [5, 5.41) is 9.89.